The van der Waals surface area contributed by atoms with Crippen LogP contribution in [0.4, 0.5) is 5.69 Å². The fraction of sp³-hybridized carbons (Fsp3) is 0.120. The quantitative estimate of drug-likeness (QED) is 0.294. The smallest absolute Gasteiger partial charge is 0.178 e. The van der Waals surface area contributed by atoms with Crippen molar-refractivity contribution in [3.63, 3.8) is 0 Å². The summed E-state index contributed by atoms with van der Waals surface area (Å²) in [5.41, 5.74) is 8.65. The third kappa shape index (κ3) is 3.54. The summed E-state index contributed by atoms with van der Waals surface area (Å²) in [6.07, 6.45) is 5.52. The number of imidazole rings is 1. The van der Waals surface area contributed by atoms with E-state index in [1.807, 2.05) is 24.5 Å². The molecule has 0 aliphatic carbocycles. The monoisotopic (exact) mass is 451 g/mol. The molecule has 0 aliphatic rings. The second-order valence-corrected chi connectivity index (χ2v) is 9.03. The summed E-state index contributed by atoms with van der Waals surface area (Å²) in [5.74, 6) is 0.692. The summed E-state index contributed by atoms with van der Waals surface area (Å²) in [4.78, 5) is 17.1. The van der Waals surface area contributed by atoms with Gasteiger partial charge < -0.3 is 10.3 Å². The van der Waals surface area contributed by atoms with E-state index in [9.17, 15) is 0 Å². The van der Waals surface area contributed by atoms with Crippen molar-refractivity contribution >= 4 is 39.1 Å². The van der Waals surface area contributed by atoms with Crippen LogP contribution in [0.2, 0.25) is 0 Å². The average Bonchev–Trinajstić information content (AvgIpc) is 3.57. The predicted molar refractivity (Wildman–Crippen MR) is 134 cm³/mol. The number of rotatable bonds is 5. The first-order chi connectivity index (χ1) is 16.2. The first-order valence-electron chi connectivity index (χ1n) is 10.7. The number of aromatic amines is 2. The summed E-state index contributed by atoms with van der Waals surface area (Å²) in [6, 6.07) is 12.8. The Bertz CT molecular complexity index is 1580. The highest BCUT2D eigenvalue weighted by atomic mass is 32.1. The normalized spacial score (nSPS) is 11.6. The van der Waals surface area contributed by atoms with Gasteiger partial charge in [0.25, 0.3) is 0 Å². The minimum absolute atomic E-state index is 0.339. The van der Waals surface area contributed by atoms with Gasteiger partial charge in [0.15, 0.2) is 11.5 Å². The van der Waals surface area contributed by atoms with E-state index in [0.29, 0.717) is 17.5 Å². The van der Waals surface area contributed by atoms with Crippen molar-refractivity contribution in [2.45, 2.75) is 19.9 Å². The molecule has 0 fully saturated rings. The molecule has 0 saturated carbocycles. The van der Waals surface area contributed by atoms with Crippen molar-refractivity contribution in [2.24, 2.45) is 0 Å². The Morgan fingerprint density at radius 3 is 2.79 bits per heavy atom. The number of nitrogens with zero attached hydrogens (tertiary/aromatic N) is 4. The first kappa shape index (κ1) is 19.6. The second-order valence-electron chi connectivity index (χ2n) is 8.25. The fourth-order valence-electron chi connectivity index (χ4n) is 4.07. The molecule has 0 saturated heterocycles. The van der Waals surface area contributed by atoms with Gasteiger partial charge in [-0.2, -0.15) is 16.4 Å². The Morgan fingerprint density at radius 1 is 1.00 bits per heavy atom. The first-order valence-corrected chi connectivity index (χ1v) is 11.7. The van der Waals surface area contributed by atoms with Crippen LogP contribution in [0.15, 0.2) is 65.7 Å². The van der Waals surface area contributed by atoms with E-state index >= 15 is 0 Å². The van der Waals surface area contributed by atoms with Crippen molar-refractivity contribution in [1.29, 1.82) is 0 Å². The van der Waals surface area contributed by atoms with Gasteiger partial charge in [-0.3, -0.25) is 10.1 Å². The minimum atomic E-state index is 0.339. The Labute approximate surface area is 194 Å². The maximum absolute atomic E-state index is 4.76. The molecule has 6 rings (SSSR count). The van der Waals surface area contributed by atoms with Crippen LogP contribution in [0.25, 0.3) is 55.8 Å². The molecule has 8 heteroatoms. The van der Waals surface area contributed by atoms with Gasteiger partial charge in [0, 0.05) is 41.1 Å². The molecule has 33 heavy (non-hydrogen) atoms. The molecular formula is C25H21N7S. The molecule has 0 atom stereocenters. The van der Waals surface area contributed by atoms with Crippen LogP contribution in [-0.4, -0.2) is 36.2 Å². The van der Waals surface area contributed by atoms with Crippen LogP contribution in [0, 0.1) is 0 Å². The van der Waals surface area contributed by atoms with E-state index in [1.54, 1.807) is 17.5 Å². The van der Waals surface area contributed by atoms with Gasteiger partial charge in [-0.15, -0.1) is 0 Å². The second kappa shape index (κ2) is 7.83. The number of benzene rings is 1. The van der Waals surface area contributed by atoms with Gasteiger partial charge in [-0.25, -0.2) is 9.97 Å². The SMILES string of the molecule is CC(C)Nc1cncc(-c2ccc3[nH]nc(-c4nc5nccc(-c6ccsc6)c5[nH]4)c3c2)c1. The lowest BCUT2D eigenvalue weighted by atomic mass is 10.0. The molecule has 5 aromatic heterocycles. The molecule has 0 unspecified atom stereocenters. The number of pyridine rings is 2. The molecule has 7 nitrogen and oxygen atoms in total. The summed E-state index contributed by atoms with van der Waals surface area (Å²) in [5, 5.41) is 16.3. The summed E-state index contributed by atoms with van der Waals surface area (Å²) >= 11 is 1.67. The molecule has 0 bridgehead atoms. The molecule has 0 radical (unpaired) electrons. The van der Waals surface area contributed by atoms with Gasteiger partial charge in [0.05, 0.1) is 16.7 Å². The van der Waals surface area contributed by atoms with E-state index in [-0.39, 0.29) is 0 Å². The van der Waals surface area contributed by atoms with Gasteiger partial charge >= 0.3 is 0 Å². The summed E-state index contributed by atoms with van der Waals surface area (Å²) in [7, 11) is 0. The zero-order valence-electron chi connectivity index (χ0n) is 18.1. The molecule has 162 valence electrons. The highest BCUT2D eigenvalue weighted by molar-refractivity contribution is 7.08. The third-order valence-electron chi connectivity index (χ3n) is 5.54. The molecule has 6 aromatic rings. The number of anilines is 1. The Balaban J connectivity index is 1.45. The summed E-state index contributed by atoms with van der Waals surface area (Å²) < 4.78 is 0. The van der Waals surface area contributed by atoms with E-state index in [0.717, 1.165) is 50.1 Å². The fourth-order valence-corrected chi connectivity index (χ4v) is 4.72. The van der Waals surface area contributed by atoms with Crippen LogP contribution < -0.4 is 5.32 Å². The number of hydrogen-bond donors (Lipinski definition) is 3. The number of H-pyrrole nitrogens is 2. The predicted octanol–water partition coefficient (Wildman–Crippen LogP) is 6.11. The lowest BCUT2D eigenvalue weighted by molar-refractivity contribution is 0.898. The van der Waals surface area contributed by atoms with Gasteiger partial charge in [0.1, 0.15) is 5.69 Å². The largest absolute Gasteiger partial charge is 0.382 e. The Kier molecular flexibility index (Phi) is 4.66. The van der Waals surface area contributed by atoms with Crippen molar-refractivity contribution in [3.8, 4) is 33.8 Å². The average molecular weight is 452 g/mol. The highest BCUT2D eigenvalue weighted by Crippen LogP contribution is 2.33. The van der Waals surface area contributed by atoms with E-state index in [1.165, 1.54) is 0 Å². The maximum Gasteiger partial charge on any atom is 0.178 e. The number of fused-ring (bicyclic) bond motifs is 2. The Morgan fingerprint density at radius 2 is 1.94 bits per heavy atom. The van der Waals surface area contributed by atoms with Crippen LogP contribution in [0.5, 0.6) is 0 Å². The summed E-state index contributed by atoms with van der Waals surface area (Å²) in [6.45, 7) is 4.23. The van der Waals surface area contributed by atoms with Gasteiger partial charge in [-0.05, 0) is 66.1 Å². The topological polar surface area (TPSA) is 95.2 Å². The van der Waals surface area contributed by atoms with Crippen LogP contribution in [0.3, 0.4) is 0 Å². The number of thiophene rings is 1. The van der Waals surface area contributed by atoms with Crippen LogP contribution in [0.1, 0.15) is 13.8 Å². The maximum atomic E-state index is 4.76. The molecular weight excluding hydrogens is 430 g/mol. The lowest BCUT2D eigenvalue weighted by Crippen LogP contribution is -2.09. The molecule has 1 aromatic carbocycles. The molecule has 0 aliphatic heterocycles. The molecule has 5 heterocycles. The van der Waals surface area contributed by atoms with Crippen LogP contribution in [-0.2, 0) is 0 Å². The van der Waals surface area contributed by atoms with Crippen molar-refractivity contribution in [2.75, 3.05) is 5.32 Å². The standard InChI is InChI=1S/C25H21N7S/c1-14(2)28-18-9-17(11-26-12-18)15-3-4-21-20(10-15)23(32-31-21)25-29-22-19(16-6-8-33-13-16)5-7-27-24(22)30-25/h3-14,28H,1-2H3,(H,31,32)(H,27,29,30). The number of nitrogens with one attached hydrogen (secondary N) is 3. The van der Waals surface area contributed by atoms with E-state index in [2.05, 4.69) is 79.3 Å². The zero-order chi connectivity index (χ0) is 22.4. The van der Waals surface area contributed by atoms with Gasteiger partial charge in [-0.1, -0.05) is 6.07 Å². The van der Waals surface area contributed by atoms with Crippen LogP contribution >= 0.6 is 11.3 Å². The number of hydrogen-bond acceptors (Lipinski definition) is 6. The highest BCUT2D eigenvalue weighted by Gasteiger charge is 2.16. The van der Waals surface area contributed by atoms with Crippen molar-refractivity contribution in [3.05, 3.63) is 65.7 Å². The zero-order valence-corrected chi connectivity index (χ0v) is 18.9. The molecule has 0 amide bonds. The lowest BCUT2D eigenvalue weighted by Gasteiger charge is -2.11. The molecule has 0 spiro atoms. The number of aromatic nitrogens is 6. The third-order valence-corrected chi connectivity index (χ3v) is 6.22. The molecule has 3 N–H and O–H groups in total. The van der Waals surface area contributed by atoms with Crippen molar-refractivity contribution < 1.29 is 0 Å². The van der Waals surface area contributed by atoms with Crippen molar-refractivity contribution in [1.82, 2.24) is 30.1 Å². The minimum Gasteiger partial charge on any atom is -0.382 e. The Hall–Kier alpha value is -4.04. The van der Waals surface area contributed by atoms with E-state index in [4.69, 9.17) is 4.98 Å². The van der Waals surface area contributed by atoms with Gasteiger partial charge in [0.2, 0.25) is 0 Å². The van der Waals surface area contributed by atoms with E-state index < -0.39 is 0 Å².